The van der Waals surface area contributed by atoms with E-state index in [9.17, 15) is 4.79 Å². The second-order valence-electron chi connectivity index (χ2n) is 4.59. The highest BCUT2D eigenvalue weighted by Gasteiger charge is 2.10. The molecule has 1 aromatic carbocycles. The van der Waals surface area contributed by atoms with Crippen molar-refractivity contribution in [2.24, 2.45) is 5.73 Å². The van der Waals surface area contributed by atoms with Crippen LogP contribution in [0.15, 0.2) is 18.2 Å². The standard InChI is InChI=1S/C14H20N2O2S/c1-10-4-5-11(2)12(8-10)18-9-14(17)16(3)7-6-13(15)19/h4-5,8H,6-7,9H2,1-3H3,(H2,15,19). The van der Waals surface area contributed by atoms with Gasteiger partial charge in [-0.2, -0.15) is 0 Å². The number of carbonyl (C=O) groups excluding carboxylic acids is 1. The lowest BCUT2D eigenvalue weighted by molar-refractivity contribution is -0.131. The molecule has 0 radical (unpaired) electrons. The van der Waals surface area contributed by atoms with Crippen LogP contribution in [-0.2, 0) is 4.79 Å². The Labute approximate surface area is 119 Å². The van der Waals surface area contributed by atoms with Crippen molar-refractivity contribution in [3.05, 3.63) is 29.3 Å². The highest BCUT2D eigenvalue weighted by molar-refractivity contribution is 7.80. The second kappa shape index (κ2) is 7.09. The van der Waals surface area contributed by atoms with Gasteiger partial charge < -0.3 is 15.4 Å². The second-order valence-corrected chi connectivity index (χ2v) is 5.11. The number of aryl methyl sites for hydroxylation is 2. The van der Waals surface area contributed by atoms with Crippen LogP contribution in [0, 0.1) is 13.8 Å². The average Bonchev–Trinajstić information content (AvgIpc) is 2.36. The van der Waals surface area contributed by atoms with Gasteiger partial charge in [0.15, 0.2) is 6.61 Å². The fourth-order valence-corrected chi connectivity index (χ4v) is 1.61. The van der Waals surface area contributed by atoms with Crippen LogP contribution in [0.2, 0.25) is 0 Å². The van der Waals surface area contributed by atoms with Crippen molar-refractivity contribution in [1.82, 2.24) is 4.90 Å². The Balaban J connectivity index is 2.49. The predicted octanol–water partition coefficient (Wildman–Crippen LogP) is 1.82. The Morgan fingerprint density at radius 3 is 2.74 bits per heavy atom. The molecule has 104 valence electrons. The lowest BCUT2D eigenvalue weighted by Crippen LogP contribution is -2.33. The molecule has 0 aliphatic carbocycles. The van der Waals surface area contributed by atoms with E-state index in [1.807, 2.05) is 32.0 Å². The maximum Gasteiger partial charge on any atom is 0.260 e. The first-order chi connectivity index (χ1) is 8.90. The van der Waals surface area contributed by atoms with E-state index >= 15 is 0 Å². The molecule has 5 heteroatoms. The van der Waals surface area contributed by atoms with Gasteiger partial charge in [0.25, 0.3) is 5.91 Å². The number of amides is 1. The molecule has 0 aliphatic rings. The van der Waals surface area contributed by atoms with E-state index in [2.05, 4.69) is 0 Å². The third-order valence-electron chi connectivity index (χ3n) is 2.81. The molecule has 0 heterocycles. The van der Waals surface area contributed by atoms with E-state index in [1.54, 1.807) is 11.9 Å². The summed E-state index contributed by atoms with van der Waals surface area (Å²) in [5, 5.41) is 0. The van der Waals surface area contributed by atoms with Gasteiger partial charge >= 0.3 is 0 Å². The number of likely N-dealkylation sites (N-methyl/N-ethyl adjacent to an activating group) is 1. The number of thiocarbonyl (C=S) groups is 1. The van der Waals surface area contributed by atoms with Crippen molar-refractivity contribution >= 4 is 23.1 Å². The number of benzene rings is 1. The highest BCUT2D eigenvalue weighted by atomic mass is 32.1. The first-order valence-electron chi connectivity index (χ1n) is 6.12. The van der Waals surface area contributed by atoms with Gasteiger partial charge in [-0.1, -0.05) is 24.4 Å². The van der Waals surface area contributed by atoms with Crippen LogP contribution in [0.1, 0.15) is 17.5 Å². The largest absolute Gasteiger partial charge is 0.483 e. The van der Waals surface area contributed by atoms with Crippen LogP contribution in [0.4, 0.5) is 0 Å². The van der Waals surface area contributed by atoms with E-state index in [0.717, 1.165) is 16.9 Å². The Morgan fingerprint density at radius 2 is 2.11 bits per heavy atom. The van der Waals surface area contributed by atoms with Crippen molar-refractivity contribution in [3.63, 3.8) is 0 Å². The van der Waals surface area contributed by atoms with Gasteiger partial charge in [0, 0.05) is 20.0 Å². The Bertz CT molecular complexity index is 475. The minimum atomic E-state index is -0.0860. The first-order valence-corrected chi connectivity index (χ1v) is 6.53. The molecule has 1 aromatic rings. The monoisotopic (exact) mass is 280 g/mol. The van der Waals surface area contributed by atoms with Gasteiger partial charge in [-0.05, 0) is 31.0 Å². The van der Waals surface area contributed by atoms with Crippen LogP contribution in [0.3, 0.4) is 0 Å². The molecule has 0 fully saturated rings. The molecule has 0 spiro atoms. The summed E-state index contributed by atoms with van der Waals surface area (Å²) in [6.45, 7) is 4.49. The van der Waals surface area contributed by atoms with Crippen LogP contribution < -0.4 is 10.5 Å². The third kappa shape index (κ3) is 5.26. The normalized spacial score (nSPS) is 10.1. The summed E-state index contributed by atoms with van der Waals surface area (Å²) in [6.07, 6.45) is 0.529. The molecule has 0 unspecified atom stereocenters. The van der Waals surface area contributed by atoms with Crippen molar-refractivity contribution in [3.8, 4) is 5.75 Å². The van der Waals surface area contributed by atoms with Gasteiger partial charge in [-0.15, -0.1) is 0 Å². The molecule has 4 nitrogen and oxygen atoms in total. The smallest absolute Gasteiger partial charge is 0.260 e. The summed E-state index contributed by atoms with van der Waals surface area (Å²) < 4.78 is 5.55. The number of ether oxygens (including phenoxy) is 1. The molecule has 0 bridgehead atoms. The number of nitrogens with zero attached hydrogens (tertiary/aromatic N) is 1. The molecule has 0 atom stereocenters. The minimum absolute atomic E-state index is 0.0259. The molecule has 0 aromatic heterocycles. The number of nitrogens with two attached hydrogens (primary N) is 1. The summed E-state index contributed by atoms with van der Waals surface area (Å²) in [5.74, 6) is 0.660. The SMILES string of the molecule is Cc1ccc(C)c(OCC(=O)N(C)CCC(N)=S)c1. The van der Waals surface area contributed by atoms with Crippen molar-refractivity contribution in [1.29, 1.82) is 0 Å². The quantitative estimate of drug-likeness (QED) is 0.808. The van der Waals surface area contributed by atoms with Gasteiger partial charge in [0.1, 0.15) is 5.75 Å². The van der Waals surface area contributed by atoms with E-state index in [0.29, 0.717) is 18.0 Å². The molecular formula is C14H20N2O2S. The predicted molar refractivity (Wildman–Crippen MR) is 80.5 cm³/mol. The zero-order valence-electron chi connectivity index (χ0n) is 11.6. The molecule has 1 amide bonds. The van der Waals surface area contributed by atoms with Crippen molar-refractivity contribution < 1.29 is 9.53 Å². The fraction of sp³-hybridized carbons (Fsp3) is 0.429. The Hall–Kier alpha value is -1.62. The maximum atomic E-state index is 11.8. The number of carbonyl (C=O) groups is 1. The molecule has 0 aliphatic heterocycles. The fourth-order valence-electron chi connectivity index (χ4n) is 1.52. The summed E-state index contributed by atoms with van der Waals surface area (Å²) in [7, 11) is 1.72. The van der Waals surface area contributed by atoms with E-state index in [1.165, 1.54) is 0 Å². The number of hydrogen-bond acceptors (Lipinski definition) is 3. The Morgan fingerprint density at radius 1 is 1.42 bits per heavy atom. The van der Waals surface area contributed by atoms with Gasteiger partial charge in [0.05, 0.1) is 4.99 Å². The minimum Gasteiger partial charge on any atom is -0.483 e. The van der Waals surface area contributed by atoms with E-state index in [-0.39, 0.29) is 12.5 Å². The summed E-state index contributed by atoms with van der Waals surface area (Å²) in [4.78, 5) is 13.8. The van der Waals surface area contributed by atoms with Crippen LogP contribution >= 0.6 is 12.2 Å². The molecule has 19 heavy (non-hydrogen) atoms. The summed E-state index contributed by atoms with van der Waals surface area (Å²) in [6, 6.07) is 5.92. The Kier molecular flexibility index (Phi) is 5.76. The zero-order valence-corrected chi connectivity index (χ0v) is 12.4. The third-order valence-corrected chi connectivity index (χ3v) is 3.02. The van der Waals surface area contributed by atoms with E-state index in [4.69, 9.17) is 22.7 Å². The van der Waals surface area contributed by atoms with Crippen LogP contribution in [0.5, 0.6) is 5.75 Å². The molecular weight excluding hydrogens is 260 g/mol. The average molecular weight is 280 g/mol. The first kappa shape index (κ1) is 15.4. The zero-order chi connectivity index (χ0) is 14.4. The van der Waals surface area contributed by atoms with Gasteiger partial charge in [-0.3, -0.25) is 4.79 Å². The molecule has 0 saturated carbocycles. The number of rotatable bonds is 6. The van der Waals surface area contributed by atoms with Crippen LogP contribution in [-0.4, -0.2) is 36.0 Å². The van der Waals surface area contributed by atoms with Crippen LogP contribution in [0.25, 0.3) is 0 Å². The van der Waals surface area contributed by atoms with Gasteiger partial charge in [0.2, 0.25) is 0 Å². The van der Waals surface area contributed by atoms with E-state index < -0.39 is 0 Å². The maximum absolute atomic E-state index is 11.8. The molecule has 2 N–H and O–H groups in total. The summed E-state index contributed by atoms with van der Waals surface area (Å²) in [5.41, 5.74) is 7.53. The van der Waals surface area contributed by atoms with Crippen molar-refractivity contribution in [2.45, 2.75) is 20.3 Å². The van der Waals surface area contributed by atoms with Gasteiger partial charge in [-0.25, -0.2) is 0 Å². The highest BCUT2D eigenvalue weighted by Crippen LogP contribution is 2.18. The molecule has 0 saturated heterocycles. The number of hydrogen-bond donors (Lipinski definition) is 1. The summed E-state index contributed by atoms with van der Waals surface area (Å²) >= 11 is 4.78. The molecule has 1 rings (SSSR count). The topological polar surface area (TPSA) is 55.6 Å². The lowest BCUT2D eigenvalue weighted by atomic mass is 10.1. The van der Waals surface area contributed by atoms with Crippen molar-refractivity contribution in [2.75, 3.05) is 20.2 Å². The lowest BCUT2D eigenvalue weighted by Gasteiger charge is -2.17.